The number of hydrogen-bond donors (Lipinski definition) is 1. The first-order valence-electron chi connectivity index (χ1n) is 10.0. The van der Waals surface area contributed by atoms with E-state index >= 15 is 0 Å². The van der Waals surface area contributed by atoms with Crippen molar-refractivity contribution >= 4 is 23.9 Å². The summed E-state index contributed by atoms with van der Waals surface area (Å²) in [5.41, 5.74) is 0.919. The molecule has 0 spiro atoms. The van der Waals surface area contributed by atoms with Crippen LogP contribution >= 0.6 is 0 Å². The van der Waals surface area contributed by atoms with Gasteiger partial charge in [-0.15, -0.1) is 0 Å². The first-order chi connectivity index (χ1) is 13.9. The Labute approximate surface area is 172 Å². The van der Waals surface area contributed by atoms with Gasteiger partial charge in [-0.1, -0.05) is 56.8 Å². The van der Waals surface area contributed by atoms with E-state index in [0.29, 0.717) is 19.4 Å². The molecule has 1 saturated heterocycles. The van der Waals surface area contributed by atoms with Crippen LogP contribution in [0.1, 0.15) is 38.7 Å². The van der Waals surface area contributed by atoms with Crippen LogP contribution in [0, 0.1) is 5.92 Å². The molecule has 1 fully saturated rings. The Bertz CT molecular complexity index is 743. The number of benzene rings is 1. The van der Waals surface area contributed by atoms with Gasteiger partial charge in [0.25, 0.3) is 0 Å². The second-order valence-corrected chi connectivity index (χ2v) is 7.54. The molecule has 0 bridgehead atoms. The zero-order chi connectivity index (χ0) is 21.2. The SMILES string of the molecule is C=CCOC(=O)[C@H](CC(C)C)NC(=O)[C@@H]1CCCN1C(=O)/C=C/c1ccccc1. The van der Waals surface area contributed by atoms with Crippen LogP contribution < -0.4 is 5.32 Å². The molecule has 2 atom stereocenters. The minimum Gasteiger partial charge on any atom is -0.460 e. The lowest BCUT2D eigenvalue weighted by Crippen LogP contribution is -2.51. The average Bonchev–Trinajstić information content (AvgIpc) is 3.20. The molecule has 2 rings (SSSR count). The summed E-state index contributed by atoms with van der Waals surface area (Å²) in [5.74, 6) is -0.801. The van der Waals surface area contributed by atoms with Gasteiger partial charge >= 0.3 is 5.97 Å². The summed E-state index contributed by atoms with van der Waals surface area (Å²) < 4.78 is 5.12. The zero-order valence-corrected chi connectivity index (χ0v) is 17.2. The summed E-state index contributed by atoms with van der Waals surface area (Å²) in [4.78, 5) is 39.3. The van der Waals surface area contributed by atoms with Crippen molar-refractivity contribution in [2.45, 2.75) is 45.2 Å². The van der Waals surface area contributed by atoms with Gasteiger partial charge in [-0.25, -0.2) is 4.79 Å². The monoisotopic (exact) mass is 398 g/mol. The molecule has 29 heavy (non-hydrogen) atoms. The van der Waals surface area contributed by atoms with Crippen LogP contribution in [0.2, 0.25) is 0 Å². The van der Waals surface area contributed by atoms with Crippen molar-refractivity contribution in [3.63, 3.8) is 0 Å². The Morgan fingerprint density at radius 2 is 2.00 bits per heavy atom. The van der Waals surface area contributed by atoms with Crippen LogP contribution in [0.3, 0.4) is 0 Å². The Balaban J connectivity index is 2.03. The number of carbonyl (C=O) groups is 3. The van der Waals surface area contributed by atoms with Crippen LogP contribution in [0.4, 0.5) is 0 Å². The van der Waals surface area contributed by atoms with E-state index in [1.54, 1.807) is 11.0 Å². The molecular formula is C23H30N2O4. The second kappa shape index (κ2) is 11.2. The third kappa shape index (κ3) is 6.89. The van der Waals surface area contributed by atoms with Gasteiger partial charge in [-0.2, -0.15) is 0 Å². The highest BCUT2D eigenvalue weighted by molar-refractivity contribution is 5.96. The maximum absolute atomic E-state index is 12.8. The standard InChI is InChI=1S/C23H30N2O4/c1-4-15-29-23(28)19(16-17(2)3)24-22(27)20-11-8-14-25(20)21(26)13-12-18-9-6-5-7-10-18/h4-7,9-10,12-13,17,19-20H,1,8,11,14-16H2,2-3H3,(H,24,27)/b13-12+/t19-,20-/m0/s1. The molecule has 2 amide bonds. The van der Waals surface area contributed by atoms with E-state index in [9.17, 15) is 14.4 Å². The number of amides is 2. The molecule has 1 N–H and O–H groups in total. The van der Waals surface area contributed by atoms with Gasteiger partial charge in [0, 0.05) is 12.6 Å². The molecule has 1 aromatic carbocycles. The molecule has 156 valence electrons. The predicted octanol–water partition coefficient (Wildman–Crippen LogP) is 2.95. The number of likely N-dealkylation sites (tertiary alicyclic amines) is 1. The Kier molecular flexibility index (Phi) is 8.65. The number of carbonyl (C=O) groups excluding carboxylic acids is 3. The normalized spacial score (nSPS) is 17.3. The summed E-state index contributed by atoms with van der Waals surface area (Å²) in [6.45, 7) is 8.09. The lowest BCUT2D eigenvalue weighted by atomic mass is 10.0. The molecule has 0 radical (unpaired) electrons. The quantitative estimate of drug-likeness (QED) is 0.394. The van der Waals surface area contributed by atoms with Crippen molar-refractivity contribution in [3.05, 3.63) is 54.6 Å². The Morgan fingerprint density at radius 3 is 2.66 bits per heavy atom. The molecule has 1 aromatic rings. The highest BCUT2D eigenvalue weighted by Gasteiger charge is 2.35. The van der Waals surface area contributed by atoms with Gasteiger partial charge in [-0.3, -0.25) is 9.59 Å². The van der Waals surface area contributed by atoms with Crippen molar-refractivity contribution in [2.75, 3.05) is 13.2 Å². The fourth-order valence-electron chi connectivity index (χ4n) is 3.33. The molecule has 0 aromatic heterocycles. The van der Waals surface area contributed by atoms with Gasteiger partial charge in [0.05, 0.1) is 0 Å². The first-order valence-corrected chi connectivity index (χ1v) is 10.0. The van der Waals surface area contributed by atoms with Gasteiger partial charge in [0.1, 0.15) is 18.7 Å². The average molecular weight is 399 g/mol. The first kappa shape index (κ1) is 22.4. The lowest BCUT2D eigenvalue weighted by Gasteiger charge is -2.26. The summed E-state index contributed by atoms with van der Waals surface area (Å²) in [6, 6.07) is 8.21. The number of hydrogen-bond acceptors (Lipinski definition) is 4. The molecular weight excluding hydrogens is 368 g/mol. The summed E-state index contributed by atoms with van der Waals surface area (Å²) in [6.07, 6.45) is 6.51. The number of nitrogens with zero attached hydrogens (tertiary/aromatic N) is 1. The number of rotatable bonds is 9. The van der Waals surface area contributed by atoms with Crippen LogP contribution in [-0.2, 0) is 19.1 Å². The summed E-state index contributed by atoms with van der Waals surface area (Å²) >= 11 is 0. The van der Waals surface area contributed by atoms with Crippen molar-refractivity contribution in [3.8, 4) is 0 Å². The fraction of sp³-hybridized carbons (Fsp3) is 0.435. The number of nitrogens with one attached hydrogen (secondary N) is 1. The third-order valence-electron chi connectivity index (χ3n) is 4.71. The summed E-state index contributed by atoms with van der Waals surface area (Å²) in [7, 11) is 0. The second-order valence-electron chi connectivity index (χ2n) is 7.54. The lowest BCUT2D eigenvalue weighted by molar-refractivity contribution is -0.148. The highest BCUT2D eigenvalue weighted by Crippen LogP contribution is 2.19. The van der Waals surface area contributed by atoms with E-state index in [1.807, 2.05) is 44.2 Å². The van der Waals surface area contributed by atoms with Gasteiger partial charge in [-0.05, 0) is 36.8 Å². The van der Waals surface area contributed by atoms with E-state index in [-0.39, 0.29) is 24.3 Å². The minimum absolute atomic E-state index is 0.0988. The zero-order valence-electron chi connectivity index (χ0n) is 17.2. The largest absolute Gasteiger partial charge is 0.460 e. The Morgan fingerprint density at radius 1 is 1.28 bits per heavy atom. The van der Waals surface area contributed by atoms with Crippen LogP contribution in [-0.4, -0.2) is 47.9 Å². The van der Waals surface area contributed by atoms with E-state index in [0.717, 1.165) is 12.0 Å². The summed E-state index contributed by atoms with van der Waals surface area (Å²) in [5, 5.41) is 2.79. The highest BCUT2D eigenvalue weighted by atomic mass is 16.5. The molecule has 0 unspecified atom stereocenters. The number of ether oxygens (including phenoxy) is 1. The maximum Gasteiger partial charge on any atom is 0.328 e. The van der Waals surface area contributed by atoms with E-state index in [2.05, 4.69) is 11.9 Å². The van der Waals surface area contributed by atoms with Crippen LogP contribution in [0.5, 0.6) is 0 Å². The van der Waals surface area contributed by atoms with Gasteiger partial charge in [0.2, 0.25) is 11.8 Å². The molecule has 6 nitrogen and oxygen atoms in total. The molecule has 1 aliphatic heterocycles. The van der Waals surface area contributed by atoms with Crippen molar-refractivity contribution in [2.24, 2.45) is 5.92 Å². The van der Waals surface area contributed by atoms with Crippen LogP contribution in [0.15, 0.2) is 49.1 Å². The topological polar surface area (TPSA) is 75.7 Å². The molecule has 1 aliphatic rings. The number of esters is 1. The molecule has 0 aliphatic carbocycles. The molecule has 6 heteroatoms. The van der Waals surface area contributed by atoms with Crippen molar-refractivity contribution in [1.29, 1.82) is 0 Å². The predicted molar refractivity (Wildman–Crippen MR) is 113 cm³/mol. The molecule has 1 heterocycles. The molecule has 0 saturated carbocycles. The van der Waals surface area contributed by atoms with Gasteiger partial charge in [0.15, 0.2) is 0 Å². The fourth-order valence-corrected chi connectivity index (χ4v) is 3.33. The maximum atomic E-state index is 12.8. The Hall–Kier alpha value is -2.89. The van der Waals surface area contributed by atoms with Crippen LogP contribution in [0.25, 0.3) is 6.08 Å². The van der Waals surface area contributed by atoms with Gasteiger partial charge < -0.3 is 15.0 Å². The minimum atomic E-state index is -0.736. The smallest absolute Gasteiger partial charge is 0.328 e. The van der Waals surface area contributed by atoms with Crippen molar-refractivity contribution in [1.82, 2.24) is 10.2 Å². The van der Waals surface area contributed by atoms with E-state index in [4.69, 9.17) is 4.74 Å². The van der Waals surface area contributed by atoms with E-state index < -0.39 is 18.1 Å². The van der Waals surface area contributed by atoms with E-state index in [1.165, 1.54) is 12.2 Å². The van der Waals surface area contributed by atoms with Crippen molar-refractivity contribution < 1.29 is 19.1 Å². The third-order valence-corrected chi connectivity index (χ3v) is 4.71.